The number of methoxy groups -OCH3 is 1. The predicted octanol–water partition coefficient (Wildman–Crippen LogP) is 7.77. The Labute approximate surface area is 365 Å². The van der Waals surface area contributed by atoms with Crippen LogP contribution in [-0.4, -0.2) is 78.0 Å². The number of piperidine rings is 2. The minimum Gasteiger partial charge on any atom is -0.465 e. The smallest absolute Gasteiger partial charge is 0.407 e. The highest BCUT2D eigenvalue weighted by molar-refractivity contribution is 5.89. The van der Waals surface area contributed by atoms with Crippen LogP contribution in [0.25, 0.3) is 11.3 Å². The second-order valence-electron chi connectivity index (χ2n) is 18.9. The van der Waals surface area contributed by atoms with Gasteiger partial charge in [0.05, 0.1) is 31.1 Å². The summed E-state index contributed by atoms with van der Waals surface area (Å²) in [4.78, 5) is 73.4. The van der Waals surface area contributed by atoms with E-state index in [1.807, 2.05) is 70.7 Å². The number of rotatable bonds is 11. The van der Waals surface area contributed by atoms with Gasteiger partial charge in [0.1, 0.15) is 23.7 Å². The number of nitrogens with one attached hydrogen (secondary N) is 4. The summed E-state index contributed by atoms with van der Waals surface area (Å²) in [6.45, 7) is 0. The fourth-order valence-electron chi connectivity index (χ4n) is 12.0. The molecule has 0 unspecified atom stereocenters. The first kappa shape index (κ1) is 39.4. The molecule has 3 aromatic carbocycles. The number of hydrogen-bond donors (Lipinski definition) is 5. The summed E-state index contributed by atoms with van der Waals surface area (Å²) >= 11 is 0. The van der Waals surface area contributed by atoms with Crippen LogP contribution in [0.4, 0.5) is 9.59 Å². The number of benzene rings is 3. The Bertz CT molecular complexity index is 2530. The van der Waals surface area contributed by atoms with Gasteiger partial charge in [0.25, 0.3) is 11.8 Å². The van der Waals surface area contributed by atoms with E-state index < -0.39 is 24.3 Å². The molecule has 0 spiro atoms. The summed E-state index contributed by atoms with van der Waals surface area (Å²) in [7, 11) is 1.31. The highest BCUT2D eigenvalue weighted by Crippen LogP contribution is 2.59. The van der Waals surface area contributed by atoms with Crippen LogP contribution < -0.4 is 10.6 Å². The Morgan fingerprint density at radius 2 is 1.17 bits per heavy atom. The number of alkyl carbamates (subject to hydrolysis) is 1. The van der Waals surface area contributed by atoms with Crippen LogP contribution in [0.5, 0.6) is 0 Å². The van der Waals surface area contributed by atoms with Crippen molar-refractivity contribution in [2.45, 2.75) is 111 Å². The molecule has 2 aliphatic heterocycles. The molecule has 14 heteroatoms. The van der Waals surface area contributed by atoms with Gasteiger partial charge in [-0.15, -0.1) is 0 Å². The van der Waals surface area contributed by atoms with Crippen LogP contribution in [0, 0.1) is 11.8 Å². The van der Waals surface area contributed by atoms with Gasteiger partial charge in [0, 0.05) is 29.4 Å². The molecule has 8 atom stereocenters. The van der Waals surface area contributed by atoms with Gasteiger partial charge in [-0.25, -0.2) is 19.6 Å². The molecule has 4 heterocycles. The summed E-state index contributed by atoms with van der Waals surface area (Å²) < 4.78 is 4.91. The summed E-state index contributed by atoms with van der Waals surface area (Å²) in [6, 6.07) is 25.3. The van der Waals surface area contributed by atoms with Crippen LogP contribution in [0.15, 0.2) is 97.3 Å². The number of aromatic nitrogens is 4. The molecule has 5 N–H and O–H groups in total. The fraction of sp³-hybridized carbons (Fsp3) is 0.429. The number of carbonyl (C=O) groups is 4. The minimum atomic E-state index is -1.24. The zero-order chi connectivity index (χ0) is 43.0. The number of fused-ring (bicyclic) bond motifs is 5. The summed E-state index contributed by atoms with van der Waals surface area (Å²) in [5, 5.41) is 14.9. The van der Waals surface area contributed by atoms with E-state index in [9.17, 15) is 24.3 Å². The van der Waals surface area contributed by atoms with Gasteiger partial charge in [-0.1, -0.05) is 84.9 Å². The van der Waals surface area contributed by atoms with Crippen LogP contribution in [-0.2, 0) is 25.2 Å². The number of likely N-dealkylation sites (tertiary alicyclic amines) is 2. The van der Waals surface area contributed by atoms with Crippen molar-refractivity contribution >= 4 is 24.0 Å². The van der Waals surface area contributed by atoms with Crippen molar-refractivity contribution in [3.8, 4) is 11.3 Å². The summed E-state index contributed by atoms with van der Waals surface area (Å²) in [6.07, 6.45) is 12.0. The van der Waals surface area contributed by atoms with Gasteiger partial charge in [0.15, 0.2) is 0 Å². The van der Waals surface area contributed by atoms with E-state index in [0.29, 0.717) is 17.4 Å². The van der Waals surface area contributed by atoms with E-state index in [-0.39, 0.29) is 46.8 Å². The standard InChI is InChI=1S/C49H52N8O6/c1-63-47(62)55-41(30-10-6-3-7-11-30)45(59)57-36-23-32(36)25-38(57)43-51-27-39(53-43)49-19-16-48(17-20-49,18-21-49)33-14-12-28(13-15-33)34-26-50-42(52-34)37-24-31-22-35(31)56(37)44(58)40(54-46(60)61)29-8-4-2-5-9-29/h2-15,26-27,31-32,35-38,40-41,54H,16-25H2,1H3,(H,50,52)(H,51,53)(H,55,62)(H,60,61)/t31-,32+,35-,36-,37+,38+,40-,41-,48?,49?/m1/s1. The fourth-order valence-corrected chi connectivity index (χ4v) is 12.0. The number of carbonyl (C=O) groups excluding carboxylic acids is 3. The zero-order valence-electron chi connectivity index (χ0n) is 35.2. The van der Waals surface area contributed by atoms with Crippen molar-refractivity contribution in [2.24, 2.45) is 11.8 Å². The van der Waals surface area contributed by atoms with Crippen LogP contribution >= 0.6 is 0 Å². The minimum absolute atomic E-state index is 0.0233. The highest BCUT2D eigenvalue weighted by Gasteiger charge is 2.58. The average Bonchev–Trinajstić information content (AvgIpc) is 3.90. The SMILES string of the molecule is COC(=O)N[C@@H](C(=O)N1[C@@H]2C[C@H]2C[C@H]1c1ncc(C23CCC(c4ccc(-c5cnc([C@@H]6C[C@H]7C[C@H]7N6C(=O)[C@H](NC(=O)O)c6ccccc6)[nH]5)cc4)(CC2)CC3)[nH]1)c1ccccc1. The first-order chi connectivity index (χ1) is 30.6. The van der Waals surface area contributed by atoms with E-state index in [1.165, 1.54) is 18.4 Å². The Balaban J connectivity index is 0.762. The molecule has 5 aromatic rings. The maximum atomic E-state index is 14.3. The van der Waals surface area contributed by atoms with Crippen LogP contribution in [0.3, 0.4) is 0 Å². The molecule has 4 amide bonds. The molecule has 12 rings (SSSR count). The average molecular weight is 849 g/mol. The molecule has 2 saturated heterocycles. The van der Waals surface area contributed by atoms with Gasteiger partial charge >= 0.3 is 12.2 Å². The van der Waals surface area contributed by atoms with Crippen LogP contribution in [0.1, 0.15) is 122 Å². The molecular weight excluding hydrogens is 797 g/mol. The number of carboxylic acid groups (broad SMARTS) is 1. The van der Waals surface area contributed by atoms with Crippen molar-refractivity contribution in [3.63, 3.8) is 0 Å². The number of nitrogens with zero attached hydrogens (tertiary/aromatic N) is 4. The van der Waals surface area contributed by atoms with E-state index in [2.05, 4.69) is 44.9 Å². The van der Waals surface area contributed by atoms with Gasteiger partial charge in [-0.3, -0.25) is 9.59 Å². The summed E-state index contributed by atoms with van der Waals surface area (Å²) in [5.41, 5.74) is 5.93. The van der Waals surface area contributed by atoms with E-state index >= 15 is 0 Å². The van der Waals surface area contributed by atoms with Crippen molar-refractivity contribution in [1.29, 1.82) is 0 Å². The second kappa shape index (κ2) is 15.1. The number of aromatic amines is 2. The van der Waals surface area contributed by atoms with Crippen molar-refractivity contribution in [1.82, 2.24) is 40.4 Å². The Hall–Kier alpha value is -6.44. The van der Waals surface area contributed by atoms with Gasteiger partial charge in [-0.2, -0.15) is 0 Å². The van der Waals surface area contributed by atoms with E-state index in [4.69, 9.17) is 14.7 Å². The lowest BCUT2D eigenvalue weighted by Gasteiger charge is -2.53. The van der Waals surface area contributed by atoms with E-state index in [0.717, 1.165) is 92.7 Å². The molecule has 2 bridgehead atoms. The van der Waals surface area contributed by atoms with Crippen molar-refractivity contribution in [2.75, 3.05) is 7.11 Å². The third-order valence-electron chi connectivity index (χ3n) is 15.6. The lowest BCUT2D eigenvalue weighted by molar-refractivity contribution is -0.136. The Kier molecular flexibility index (Phi) is 9.46. The highest BCUT2D eigenvalue weighted by atomic mass is 16.5. The molecule has 7 fully saturated rings. The number of amides is 4. The maximum absolute atomic E-state index is 14.3. The Morgan fingerprint density at radius 1 is 0.667 bits per heavy atom. The second-order valence-corrected chi connectivity index (χ2v) is 18.9. The largest absolute Gasteiger partial charge is 0.465 e. The molecule has 0 radical (unpaired) electrons. The molecule has 63 heavy (non-hydrogen) atoms. The van der Waals surface area contributed by atoms with Gasteiger partial charge < -0.3 is 40.2 Å². The molecular formula is C49H52N8O6. The number of H-pyrrole nitrogens is 2. The summed E-state index contributed by atoms with van der Waals surface area (Å²) in [5.74, 6) is 2.01. The van der Waals surface area contributed by atoms with Crippen LogP contribution in [0.2, 0.25) is 0 Å². The molecule has 5 aliphatic carbocycles. The first-order valence-corrected chi connectivity index (χ1v) is 22.4. The van der Waals surface area contributed by atoms with E-state index in [1.54, 1.807) is 12.1 Å². The Morgan fingerprint density at radius 3 is 1.71 bits per heavy atom. The lowest BCUT2D eigenvalue weighted by atomic mass is 9.51. The molecule has 14 nitrogen and oxygen atoms in total. The van der Waals surface area contributed by atoms with Crippen molar-refractivity contribution in [3.05, 3.63) is 131 Å². The quantitative estimate of drug-likeness (QED) is 0.0892. The lowest BCUT2D eigenvalue weighted by Crippen LogP contribution is -2.46. The van der Waals surface area contributed by atoms with Crippen molar-refractivity contribution < 1.29 is 29.0 Å². The molecule has 7 aliphatic rings. The topological polar surface area (TPSA) is 186 Å². The zero-order valence-corrected chi connectivity index (χ0v) is 35.2. The maximum Gasteiger partial charge on any atom is 0.407 e. The van der Waals surface area contributed by atoms with Gasteiger partial charge in [-0.05, 0) is 104 Å². The monoisotopic (exact) mass is 848 g/mol. The first-order valence-electron chi connectivity index (χ1n) is 22.4. The third kappa shape index (κ3) is 6.85. The number of imidazole rings is 2. The molecule has 5 saturated carbocycles. The third-order valence-corrected chi connectivity index (χ3v) is 15.6. The van der Waals surface area contributed by atoms with Gasteiger partial charge in [0.2, 0.25) is 0 Å². The normalized spacial score (nSPS) is 29.6. The number of hydrogen-bond acceptors (Lipinski definition) is 7. The molecule has 2 aromatic heterocycles. The molecule has 324 valence electrons. The predicted molar refractivity (Wildman–Crippen MR) is 231 cm³/mol. The number of ether oxygens (including phenoxy) is 1.